The number of nitriles is 1. The summed E-state index contributed by atoms with van der Waals surface area (Å²) in [6, 6.07) is 2.31. The maximum atomic E-state index is 12.5. The van der Waals surface area contributed by atoms with E-state index in [4.69, 9.17) is 0 Å². The fourth-order valence-electron chi connectivity index (χ4n) is 4.04. The van der Waals surface area contributed by atoms with Crippen LogP contribution in [0.1, 0.15) is 51.9 Å². The number of likely N-dealkylation sites (tertiary alicyclic amines) is 1. The highest BCUT2D eigenvalue weighted by Gasteiger charge is 2.57. The maximum absolute atomic E-state index is 12.5. The van der Waals surface area contributed by atoms with E-state index in [0.717, 1.165) is 32.1 Å². The molecule has 19 heavy (non-hydrogen) atoms. The summed E-state index contributed by atoms with van der Waals surface area (Å²) in [7, 11) is 0. The number of hydrogen-bond donors (Lipinski definition) is 0. The van der Waals surface area contributed by atoms with Gasteiger partial charge in [-0.05, 0) is 44.4 Å². The minimum absolute atomic E-state index is 0.0661. The quantitative estimate of drug-likeness (QED) is 0.679. The molecule has 3 rings (SSSR count). The molecule has 2 aliphatic carbocycles. The Kier molecular flexibility index (Phi) is 2.88. The Hall–Kier alpha value is -1.37. The molecule has 0 aromatic heterocycles. The van der Waals surface area contributed by atoms with Crippen molar-refractivity contribution in [3.05, 3.63) is 0 Å². The van der Waals surface area contributed by atoms with E-state index in [1.165, 1.54) is 4.90 Å². The molecule has 1 heterocycles. The van der Waals surface area contributed by atoms with E-state index in [2.05, 4.69) is 13.0 Å². The van der Waals surface area contributed by atoms with Crippen molar-refractivity contribution < 1.29 is 9.59 Å². The van der Waals surface area contributed by atoms with E-state index in [0.29, 0.717) is 18.8 Å². The van der Waals surface area contributed by atoms with Gasteiger partial charge in [-0.15, -0.1) is 0 Å². The van der Waals surface area contributed by atoms with Gasteiger partial charge in [0, 0.05) is 0 Å². The molecule has 102 valence electrons. The standard InChI is InChI=1S/C15H20N2O2/c1-10-5-7-15(9-16,8-6-10)17-13(18)11-3-2-4-12(11)14(17)19/h10-12H,2-8H2,1H3. The summed E-state index contributed by atoms with van der Waals surface area (Å²) in [5.41, 5.74) is -0.842. The molecule has 3 aliphatic rings. The number of imide groups is 1. The second-order valence-electron chi connectivity index (χ2n) is 6.48. The molecule has 4 heteroatoms. The molecule has 2 saturated carbocycles. The van der Waals surface area contributed by atoms with Gasteiger partial charge in [0.15, 0.2) is 0 Å². The van der Waals surface area contributed by atoms with Crippen LogP contribution in [0.3, 0.4) is 0 Å². The van der Waals surface area contributed by atoms with E-state index >= 15 is 0 Å². The maximum Gasteiger partial charge on any atom is 0.234 e. The molecule has 0 N–H and O–H groups in total. The van der Waals surface area contributed by atoms with E-state index in [1.54, 1.807) is 0 Å². The molecule has 2 atom stereocenters. The summed E-state index contributed by atoms with van der Waals surface area (Å²) >= 11 is 0. The Morgan fingerprint density at radius 1 is 1.11 bits per heavy atom. The van der Waals surface area contributed by atoms with Gasteiger partial charge in [-0.2, -0.15) is 5.26 Å². The van der Waals surface area contributed by atoms with Gasteiger partial charge in [0.2, 0.25) is 11.8 Å². The lowest BCUT2D eigenvalue weighted by atomic mass is 9.77. The van der Waals surface area contributed by atoms with Crippen molar-refractivity contribution in [2.45, 2.75) is 57.4 Å². The van der Waals surface area contributed by atoms with Gasteiger partial charge in [-0.25, -0.2) is 0 Å². The summed E-state index contributed by atoms with van der Waals surface area (Å²) in [6.07, 6.45) is 5.79. The zero-order valence-electron chi connectivity index (χ0n) is 11.4. The Bertz CT molecular complexity index is 435. The molecule has 3 fully saturated rings. The summed E-state index contributed by atoms with van der Waals surface area (Å²) in [5.74, 6) is 0.204. The molecule has 2 unspecified atom stereocenters. The number of hydrogen-bond acceptors (Lipinski definition) is 3. The van der Waals surface area contributed by atoms with Gasteiger partial charge in [0.1, 0.15) is 5.54 Å². The average Bonchev–Trinajstić information content (AvgIpc) is 2.97. The minimum Gasteiger partial charge on any atom is -0.274 e. The van der Waals surface area contributed by atoms with Gasteiger partial charge in [0.25, 0.3) is 0 Å². The van der Waals surface area contributed by atoms with Crippen molar-refractivity contribution in [2.24, 2.45) is 17.8 Å². The zero-order chi connectivity index (χ0) is 13.6. The highest BCUT2D eigenvalue weighted by Crippen LogP contribution is 2.46. The van der Waals surface area contributed by atoms with Crippen LogP contribution in [-0.2, 0) is 9.59 Å². The molecule has 2 amide bonds. The molecule has 0 aromatic carbocycles. The predicted octanol–water partition coefficient (Wildman–Crippen LogP) is 2.24. The smallest absolute Gasteiger partial charge is 0.234 e. The normalized spacial score (nSPS) is 42.3. The topological polar surface area (TPSA) is 61.2 Å². The summed E-state index contributed by atoms with van der Waals surface area (Å²) in [5, 5.41) is 9.59. The predicted molar refractivity (Wildman–Crippen MR) is 68.7 cm³/mol. The summed E-state index contributed by atoms with van der Waals surface area (Å²) < 4.78 is 0. The lowest BCUT2D eigenvalue weighted by Crippen LogP contribution is -2.53. The SMILES string of the molecule is CC1CCC(C#N)(N2C(=O)C3CCCC3C2=O)CC1. The fraction of sp³-hybridized carbons (Fsp3) is 0.800. The third-order valence-corrected chi connectivity index (χ3v) is 5.33. The van der Waals surface area contributed by atoms with Crippen molar-refractivity contribution in [3.8, 4) is 6.07 Å². The second-order valence-corrected chi connectivity index (χ2v) is 6.48. The second kappa shape index (κ2) is 4.33. The number of fused-ring (bicyclic) bond motifs is 1. The van der Waals surface area contributed by atoms with Gasteiger partial charge in [-0.3, -0.25) is 14.5 Å². The lowest BCUT2D eigenvalue weighted by molar-refractivity contribution is -0.147. The first-order valence-electron chi connectivity index (χ1n) is 7.38. The van der Waals surface area contributed by atoms with E-state index in [9.17, 15) is 14.9 Å². The van der Waals surface area contributed by atoms with Crippen molar-refractivity contribution in [3.63, 3.8) is 0 Å². The number of carbonyl (C=O) groups is 2. The molecule has 1 saturated heterocycles. The van der Waals surface area contributed by atoms with Crippen LogP contribution in [0.5, 0.6) is 0 Å². The third kappa shape index (κ3) is 1.71. The van der Waals surface area contributed by atoms with Crippen LogP contribution in [0.4, 0.5) is 0 Å². The van der Waals surface area contributed by atoms with E-state index in [1.807, 2.05) is 0 Å². The molecule has 0 radical (unpaired) electrons. The van der Waals surface area contributed by atoms with Gasteiger partial charge >= 0.3 is 0 Å². The highest BCUT2D eigenvalue weighted by atomic mass is 16.2. The first-order chi connectivity index (χ1) is 9.09. The largest absolute Gasteiger partial charge is 0.274 e. The molecular weight excluding hydrogens is 240 g/mol. The van der Waals surface area contributed by atoms with Crippen LogP contribution in [0.15, 0.2) is 0 Å². The van der Waals surface area contributed by atoms with E-state index < -0.39 is 5.54 Å². The molecular formula is C15H20N2O2. The van der Waals surface area contributed by atoms with Crippen LogP contribution in [0, 0.1) is 29.1 Å². The number of nitrogens with zero attached hydrogens (tertiary/aromatic N) is 2. The number of rotatable bonds is 1. The Balaban J connectivity index is 1.91. The monoisotopic (exact) mass is 260 g/mol. The Morgan fingerprint density at radius 3 is 2.11 bits per heavy atom. The molecule has 4 nitrogen and oxygen atoms in total. The molecule has 0 spiro atoms. The van der Waals surface area contributed by atoms with Gasteiger partial charge in [0.05, 0.1) is 17.9 Å². The minimum atomic E-state index is -0.842. The Morgan fingerprint density at radius 2 is 1.63 bits per heavy atom. The lowest BCUT2D eigenvalue weighted by Gasteiger charge is -2.39. The highest BCUT2D eigenvalue weighted by molar-refractivity contribution is 6.06. The van der Waals surface area contributed by atoms with Gasteiger partial charge in [-0.1, -0.05) is 13.3 Å². The third-order valence-electron chi connectivity index (χ3n) is 5.33. The van der Waals surface area contributed by atoms with Gasteiger partial charge < -0.3 is 0 Å². The van der Waals surface area contributed by atoms with Crippen LogP contribution in [-0.4, -0.2) is 22.3 Å². The molecule has 0 aromatic rings. The first-order valence-corrected chi connectivity index (χ1v) is 7.38. The zero-order valence-corrected chi connectivity index (χ0v) is 11.4. The van der Waals surface area contributed by atoms with Crippen molar-refractivity contribution in [1.29, 1.82) is 5.26 Å². The number of amides is 2. The Labute approximate surface area is 113 Å². The summed E-state index contributed by atoms with van der Waals surface area (Å²) in [6.45, 7) is 2.17. The first kappa shape index (κ1) is 12.7. The van der Waals surface area contributed by atoms with Crippen molar-refractivity contribution >= 4 is 11.8 Å². The summed E-state index contributed by atoms with van der Waals surface area (Å²) in [4.78, 5) is 26.4. The van der Waals surface area contributed by atoms with Crippen LogP contribution < -0.4 is 0 Å². The van der Waals surface area contributed by atoms with Crippen molar-refractivity contribution in [1.82, 2.24) is 4.90 Å². The fourth-order valence-corrected chi connectivity index (χ4v) is 4.04. The van der Waals surface area contributed by atoms with Crippen LogP contribution in [0.25, 0.3) is 0 Å². The van der Waals surface area contributed by atoms with Crippen molar-refractivity contribution in [2.75, 3.05) is 0 Å². The van der Waals surface area contributed by atoms with E-state index in [-0.39, 0.29) is 23.7 Å². The average molecular weight is 260 g/mol. The molecule has 0 bridgehead atoms. The molecule has 1 aliphatic heterocycles. The van der Waals surface area contributed by atoms with Crippen LogP contribution in [0.2, 0.25) is 0 Å². The van der Waals surface area contributed by atoms with Crippen LogP contribution >= 0.6 is 0 Å². The number of carbonyl (C=O) groups excluding carboxylic acids is 2.